The van der Waals surface area contributed by atoms with E-state index in [9.17, 15) is 0 Å². The van der Waals surface area contributed by atoms with Crippen LogP contribution in [-0.4, -0.2) is 27.4 Å². The molecule has 0 aliphatic carbocycles. The van der Waals surface area contributed by atoms with Gasteiger partial charge in [-0.15, -0.1) is 0 Å². The average Bonchev–Trinajstić information content (AvgIpc) is 2.39. The van der Waals surface area contributed by atoms with Crippen LogP contribution in [-0.2, 0) is 4.74 Å². The summed E-state index contributed by atoms with van der Waals surface area (Å²) in [6.45, 7) is 6.04. The third-order valence-corrected chi connectivity index (χ3v) is 3.01. The first-order valence-electron chi connectivity index (χ1n) is 6.59. The highest BCUT2D eigenvalue weighted by Gasteiger charge is 2.15. The SMILES string of the molecule is CCCNC(CCOC)c1cc(C)ccc1OC. The Hall–Kier alpha value is -1.06. The topological polar surface area (TPSA) is 30.5 Å². The van der Waals surface area contributed by atoms with Gasteiger partial charge in [-0.2, -0.15) is 0 Å². The molecule has 0 fully saturated rings. The lowest BCUT2D eigenvalue weighted by atomic mass is 10.0. The van der Waals surface area contributed by atoms with Crippen molar-refractivity contribution >= 4 is 0 Å². The molecule has 1 rings (SSSR count). The third kappa shape index (κ3) is 4.31. The van der Waals surface area contributed by atoms with Gasteiger partial charge in [0, 0.05) is 25.3 Å². The lowest BCUT2D eigenvalue weighted by Gasteiger charge is -2.21. The zero-order valence-electron chi connectivity index (χ0n) is 12.0. The fourth-order valence-corrected chi connectivity index (χ4v) is 2.05. The second-order valence-electron chi connectivity index (χ2n) is 4.53. The van der Waals surface area contributed by atoms with Crippen molar-refractivity contribution in [2.45, 2.75) is 32.7 Å². The van der Waals surface area contributed by atoms with Crippen LogP contribution >= 0.6 is 0 Å². The maximum Gasteiger partial charge on any atom is 0.123 e. The first-order valence-corrected chi connectivity index (χ1v) is 6.59. The molecule has 1 aromatic rings. The molecule has 0 heterocycles. The Morgan fingerprint density at radius 3 is 2.67 bits per heavy atom. The van der Waals surface area contributed by atoms with E-state index in [4.69, 9.17) is 9.47 Å². The van der Waals surface area contributed by atoms with Crippen LogP contribution in [0, 0.1) is 6.92 Å². The Bertz CT molecular complexity index is 344. The number of methoxy groups -OCH3 is 2. The molecule has 1 atom stereocenters. The summed E-state index contributed by atoms with van der Waals surface area (Å²) in [4.78, 5) is 0. The molecule has 0 aliphatic rings. The van der Waals surface area contributed by atoms with E-state index in [0.29, 0.717) is 6.04 Å². The van der Waals surface area contributed by atoms with Gasteiger partial charge in [0.2, 0.25) is 0 Å². The van der Waals surface area contributed by atoms with Crippen LogP contribution in [0.1, 0.15) is 36.9 Å². The summed E-state index contributed by atoms with van der Waals surface area (Å²) >= 11 is 0. The maximum atomic E-state index is 5.46. The molecule has 3 nitrogen and oxygen atoms in total. The fourth-order valence-electron chi connectivity index (χ4n) is 2.05. The van der Waals surface area contributed by atoms with Crippen LogP contribution < -0.4 is 10.1 Å². The first-order chi connectivity index (χ1) is 8.72. The predicted octanol–water partition coefficient (Wildman–Crippen LogP) is 3.08. The van der Waals surface area contributed by atoms with E-state index in [1.165, 1.54) is 11.1 Å². The highest BCUT2D eigenvalue weighted by atomic mass is 16.5. The number of ether oxygens (including phenoxy) is 2. The van der Waals surface area contributed by atoms with Crippen molar-refractivity contribution in [3.63, 3.8) is 0 Å². The first kappa shape index (κ1) is 15.0. The Morgan fingerprint density at radius 1 is 1.28 bits per heavy atom. The van der Waals surface area contributed by atoms with Gasteiger partial charge in [0.15, 0.2) is 0 Å². The van der Waals surface area contributed by atoms with E-state index < -0.39 is 0 Å². The molecular formula is C15H25NO2. The molecule has 0 spiro atoms. The van der Waals surface area contributed by atoms with Crippen LogP contribution in [0.25, 0.3) is 0 Å². The summed E-state index contributed by atoms with van der Waals surface area (Å²) in [5.74, 6) is 0.949. The van der Waals surface area contributed by atoms with Crippen LogP contribution in [0.3, 0.4) is 0 Å². The number of aryl methyl sites for hydroxylation is 1. The van der Waals surface area contributed by atoms with Gasteiger partial charge in [-0.3, -0.25) is 0 Å². The zero-order valence-corrected chi connectivity index (χ0v) is 12.0. The van der Waals surface area contributed by atoms with Crippen molar-refractivity contribution in [2.24, 2.45) is 0 Å². The fraction of sp³-hybridized carbons (Fsp3) is 0.600. The summed E-state index contributed by atoms with van der Waals surface area (Å²) in [5, 5.41) is 3.56. The van der Waals surface area contributed by atoms with Crippen LogP contribution in [0.4, 0.5) is 0 Å². The Balaban J connectivity index is 2.90. The molecule has 1 aromatic carbocycles. The zero-order chi connectivity index (χ0) is 13.4. The summed E-state index contributed by atoms with van der Waals surface area (Å²) in [6, 6.07) is 6.61. The van der Waals surface area contributed by atoms with Crippen LogP contribution in [0.5, 0.6) is 5.75 Å². The highest BCUT2D eigenvalue weighted by molar-refractivity contribution is 5.39. The summed E-state index contributed by atoms with van der Waals surface area (Å²) in [5.41, 5.74) is 2.48. The monoisotopic (exact) mass is 251 g/mol. The molecule has 0 aromatic heterocycles. The molecule has 1 unspecified atom stereocenters. The standard InChI is InChI=1S/C15H25NO2/c1-5-9-16-14(8-10-17-3)13-11-12(2)6-7-15(13)18-4/h6-7,11,14,16H,5,8-10H2,1-4H3. The van der Waals surface area contributed by atoms with Crippen LogP contribution in [0.15, 0.2) is 18.2 Å². The number of hydrogen-bond acceptors (Lipinski definition) is 3. The van der Waals surface area contributed by atoms with Gasteiger partial charge in [0.05, 0.1) is 7.11 Å². The smallest absolute Gasteiger partial charge is 0.123 e. The summed E-state index contributed by atoms with van der Waals surface area (Å²) in [6.07, 6.45) is 2.08. The van der Waals surface area contributed by atoms with Crippen molar-refractivity contribution in [1.82, 2.24) is 5.32 Å². The molecule has 0 amide bonds. The predicted molar refractivity (Wildman–Crippen MR) is 75.3 cm³/mol. The maximum absolute atomic E-state index is 5.46. The quantitative estimate of drug-likeness (QED) is 0.770. The second-order valence-corrected chi connectivity index (χ2v) is 4.53. The minimum absolute atomic E-state index is 0.291. The van der Waals surface area contributed by atoms with Crippen molar-refractivity contribution < 1.29 is 9.47 Å². The number of nitrogens with one attached hydrogen (secondary N) is 1. The number of benzene rings is 1. The lowest BCUT2D eigenvalue weighted by Crippen LogP contribution is -2.24. The molecule has 102 valence electrons. The van der Waals surface area contributed by atoms with Crippen molar-refractivity contribution in [1.29, 1.82) is 0 Å². The summed E-state index contributed by atoms with van der Waals surface area (Å²) in [7, 11) is 3.46. The Kier molecular flexibility index (Phi) is 6.76. The van der Waals surface area contributed by atoms with Gasteiger partial charge in [-0.05, 0) is 32.4 Å². The largest absolute Gasteiger partial charge is 0.496 e. The van der Waals surface area contributed by atoms with Crippen molar-refractivity contribution in [3.8, 4) is 5.75 Å². The number of hydrogen-bond donors (Lipinski definition) is 1. The molecule has 3 heteroatoms. The second kappa shape index (κ2) is 8.11. The molecule has 1 N–H and O–H groups in total. The molecule has 0 bridgehead atoms. The van der Waals surface area contributed by atoms with Crippen LogP contribution in [0.2, 0.25) is 0 Å². The molecule has 18 heavy (non-hydrogen) atoms. The van der Waals surface area contributed by atoms with E-state index in [-0.39, 0.29) is 0 Å². The van der Waals surface area contributed by atoms with E-state index in [2.05, 4.69) is 31.3 Å². The molecule has 0 radical (unpaired) electrons. The van der Waals surface area contributed by atoms with Gasteiger partial charge in [0.1, 0.15) is 5.75 Å². The van der Waals surface area contributed by atoms with E-state index >= 15 is 0 Å². The molecule has 0 saturated carbocycles. The van der Waals surface area contributed by atoms with Gasteiger partial charge in [-0.1, -0.05) is 24.6 Å². The van der Waals surface area contributed by atoms with E-state index in [1.807, 2.05) is 6.07 Å². The van der Waals surface area contributed by atoms with Gasteiger partial charge < -0.3 is 14.8 Å². The molecule has 0 aliphatic heterocycles. The van der Waals surface area contributed by atoms with E-state index in [0.717, 1.165) is 31.7 Å². The van der Waals surface area contributed by atoms with Crippen molar-refractivity contribution in [3.05, 3.63) is 29.3 Å². The average molecular weight is 251 g/mol. The molecule has 0 saturated heterocycles. The van der Waals surface area contributed by atoms with Gasteiger partial charge in [-0.25, -0.2) is 0 Å². The number of rotatable bonds is 8. The summed E-state index contributed by atoms with van der Waals surface area (Å²) < 4.78 is 10.7. The minimum Gasteiger partial charge on any atom is -0.496 e. The van der Waals surface area contributed by atoms with Crippen molar-refractivity contribution in [2.75, 3.05) is 27.4 Å². The normalized spacial score (nSPS) is 12.4. The van der Waals surface area contributed by atoms with Gasteiger partial charge in [0.25, 0.3) is 0 Å². The Morgan fingerprint density at radius 2 is 2.06 bits per heavy atom. The molecular weight excluding hydrogens is 226 g/mol. The van der Waals surface area contributed by atoms with E-state index in [1.54, 1.807) is 14.2 Å². The lowest BCUT2D eigenvalue weighted by molar-refractivity contribution is 0.182. The Labute approximate surface area is 110 Å². The minimum atomic E-state index is 0.291. The third-order valence-electron chi connectivity index (χ3n) is 3.01. The van der Waals surface area contributed by atoms with Gasteiger partial charge >= 0.3 is 0 Å². The highest BCUT2D eigenvalue weighted by Crippen LogP contribution is 2.28.